The van der Waals surface area contributed by atoms with Crippen molar-refractivity contribution in [1.82, 2.24) is 10.2 Å². The highest BCUT2D eigenvalue weighted by Gasteiger charge is 2.26. The molecule has 2 rings (SSSR count). The van der Waals surface area contributed by atoms with Gasteiger partial charge in [0.05, 0.1) is 5.75 Å². The maximum Gasteiger partial charge on any atom is 0.242 e. The normalized spacial score (nSPS) is 11.7. The minimum atomic E-state index is -0.539. The molecular weight excluding hydrogens is 380 g/mol. The van der Waals surface area contributed by atoms with Crippen LogP contribution in [0.5, 0.6) is 0 Å². The molecular formula is C21H25ClN2O2S. The lowest BCUT2D eigenvalue weighted by molar-refractivity contribution is -0.138. The molecule has 0 unspecified atom stereocenters. The van der Waals surface area contributed by atoms with Gasteiger partial charge in [-0.3, -0.25) is 9.59 Å². The fourth-order valence-corrected chi connectivity index (χ4v) is 3.54. The number of carbonyl (C=O) groups excluding carboxylic acids is 2. The number of amides is 2. The van der Waals surface area contributed by atoms with Crippen LogP contribution in [0.25, 0.3) is 0 Å². The summed E-state index contributed by atoms with van der Waals surface area (Å²) >= 11 is 7.35. The number of hydrogen-bond donors (Lipinski definition) is 1. The Labute approximate surface area is 170 Å². The van der Waals surface area contributed by atoms with Crippen LogP contribution in [-0.2, 0) is 16.1 Å². The predicted octanol–water partition coefficient (Wildman–Crippen LogP) is 4.29. The number of thioether (sulfide) groups is 1. The quantitative estimate of drug-likeness (QED) is 0.667. The van der Waals surface area contributed by atoms with Crippen LogP contribution < -0.4 is 5.32 Å². The summed E-state index contributed by atoms with van der Waals surface area (Å²) < 4.78 is 0. The first-order valence-corrected chi connectivity index (χ1v) is 10.3. The molecule has 0 bridgehead atoms. The molecule has 0 saturated carbocycles. The van der Waals surface area contributed by atoms with E-state index < -0.39 is 6.04 Å². The third kappa shape index (κ3) is 6.29. The summed E-state index contributed by atoms with van der Waals surface area (Å²) in [5.74, 6) is 0.0462. The molecule has 2 aromatic rings. The first kappa shape index (κ1) is 21.3. The lowest BCUT2D eigenvalue weighted by atomic mass is 10.1. The van der Waals surface area contributed by atoms with Crippen LogP contribution in [-0.4, -0.2) is 35.1 Å². The fourth-order valence-electron chi connectivity index (χ4n) is 2.63. The molecule has 0 aliphatic heterocycles. The summed E-state index contributed by atoms with van der Waals surface area (Å²) in [7, 11) is 0. The van der Waals surface area contributed by atoms with Gasteiger partial charge < -0.3 is 10.2 Å². The van der Waals surface area contributed by atoms with Crippen molar-refractivity contribution in [2.75, 3.05) is 12.3 Å². The van der Waals surface area contributed by atoms with Crippen molar-refractivity contribution in [2.24, 2.45) is 0 Å². The number of aryl methyl sites for hydroxylation is 1. The van der Waals surface area contributed by atoms with Gasteiger partial charge in [-0.25, -0.2) is 0 Å². The molecule has 4 nitrogen and oxygen atoms in total. The van der Waals surface area contributed by atoms with Gasteiger partial charge in [-0.2, -0.15) is 0 Å². The van der Waals surface area contributed by atoms with Crippen molar-refractivity contribution in [2.45, 2.75) is 38.3 Å². The van der Waals surface area contributed by atoms with E-state index in [2.05, 4.69) is 5.32 Å². The number of nitrogens with one attached hydrogen (secondary N) is 1. The molecule has 2 aromatic carbocycles. The maximum absolute atomic E-state index is 12.9. The van der Waals surface area contributed by atoms with Crippen LogP contribution in [0.1, 0.15) is 25.0 Å². The van der Waals surface area contributed by atoms with Gasteiger partial charge in [0.1, 0.15) is 6.04 Å². The van der Waals surface area contributed by atoms with E-state index in [9.17, 15) is 9.59 Å². The van der Waals surface area contributed by atoms with E-state index in [0.717, 1.165) is 16.0 Å². The van der Waals surface area contributed by atoms with Crippen LogP contribution in [0.3, 0.4) is 0 Å². The van der Waals surface area contributed by atoms with Gasteiger partial charge in [0.2, 0.25) is 11.8 Å². The molecule has 6 heteroatoms. The Morgan fingerprint density at radius 2 is 1.81 bits per heavy atom. The number of rotatable bonds is 8. The van der Waals surface area contributed by atoms with Crippen LogP contribution in [0, 0.1) is 6.92 Å². The number of likely N-dealkylation sites (N-methyl/N-ethyl adjacent to an activating group) is 1. The Morgan fingerprint density at radius 3 is 2.44 bits per heavy atom. The largest absolute Gasteiger partial charge is 0.355 e. The number of nitrogens with zero attached hydrogens (tertiary/aromatic N) is 1. The van der Waals surface area contributed by atoms with E-state index in [1.54, 1.807) is 24.0 Å². The van der Waals surface area contributed by atoms with Gasteiger partial charge in [-0.15, -0.1) is 11.8 Å². The predicted molar refractivity (Wildman–Crippen MR) is 112 cm³/mol. The molecule has 0 spiro atoms. The van der Waals surface area contributed by atoms with E-state index >= 15 is 0 Å². The van der Waals surface area contributed by atoms with Crippen LogP contribution in [0.2, 0.25) is 5.02 Å². The van der Waals surface area contributed by atoms with E-state index in [0.29, 0.717) is 18.1 Å². The van der Waals surface area contributed by atoms with E-state index in [4.69, 9.17) is 11.6 Å². The number of benzene rings is 2. The fraction of sp³-hybridized carbons (Fsp3) is 0.333. The Bertz CT molecular complexity index is 780. The van der Waals surface area contributed by atoms with Gasteiger partial charge >= 0.3 is 0 Å². The molecule has 0 aliphatic rings. The van der Waals surface area contributed by atoms with Gasteiger partial charge in [0.15, 0.2) is 0 Å². The van der Waals surface area contributed by atoms with E-state index in [-0.39, 0.29) is 17.6 Å². The molecule has 0 aliphatic carbocycles. The second-order valence-electron chi connectivity index (χ2n) is 6.26. The third-order valence-electron chi connectivity index (χ3n) is 4.30. The first-order chi connectivity index (χ1) is 12.9. The second-order valence-corrected chi connectivity index (χ2v) is 7.75. The van der Waals surface area contributed by atoms with Crippen molar-refractivity contribution in [1.29, 1.82) is 0 Å². The first-order valence-electron chi connectivity index (χ1n) is 8.92. The van der Waals surface area contributed by atoms with Gasteiger partial charge in [0.25, 0.3) is 0 Å². The molecule has 0 saturated heterocycles. The van der Waals surface area contributed by atoms with Gasteiger partial charge in [-0.05, 0) is 56.2 Å². The van der Waals surface area contributed by atoms with Gasteiger partial charge in [-0.1, -0.05) is 35.9 Å². The van der Waals surface area contributed by atoms with E-state index in [1.807, 2.05) is 50.2 Å². The zero-order chi connectivity index (χ0) is 19.8. The van der Waals surface area contributed by atoms with E-state index in [1.165, 1.54) is 11.8 Å². The second kappa shape index (κ2) is 10.4. The zero-order valence-electron chi connectivity index (χ0n) is 15.9. The molecule has 0 fully saturated rings. The van der Waals surface area contributed by atoms with Crippen LogP contribution in [0.4, 0.5) is 0 Å². The molecule has 0 radical (unpaired) electrons. The molecule has 1 N–H and O–H groups in total. The zero-order valence-corrected chi connectivity index (χ0v) is 17.4. The lowest BCUT2D eigenvalue weighted by Gasteiger charge is -2.29. The van der Waals surface area contributed by atoms with Crippen molar-refractivity contribution in [3.05, 3.63) is 64.7 Å². The Morgan fingerprint density at radius 1 is 1.15 bits per heavy atom. The Kier molecular flexibility index (Phi) is 8.20. The topological polar surface area (TPSA) is 49.4 Å². The number of carbonyl (C=O) groups is 2. The minimum absolute atomic E-state index is 0.0723. The lowest BCUT2D eigenvalue weighted by Crippen LogP contribution is -2.48. The molecule has 0 aromatic heterocycles. The smallest absolute Gasteiger partial charge is 0.242 e. The molecule has 0 heterocycles. The van der Waals surface area contributed by atoms with Gasteiger partial charge in [0, 0.05) is 23.0 Å². The van der Waals surface area contributed by atoms with Crippen molar-refractivity contribution < 1.29 is 9.59 Å². The molecule has 27 heavy (non-hydrogen) atoms. The Hall–Kier alpha value is -1.98. The monoisotopic (exact) mass is 404 g/mol. The third-order valence-corrected chi connectivity index (χ3v) is 5.54. The highest BCUT2D eigenvalue weighted by Crippen LogP contribution is 2.22. The number of halogens is 1. The van der Waals surface area contributed by atoms with Crippen LogP contribution in [0.15, 0.2) is 53.4 Å². The molecule has 1 atom stereocenters. The average Bonchev–Trinajstić information content (AvgIpc) is 2.66. The summed E-state index contributed by atoms with van der Waals surface area (Å²) in [4.78, 5) is 27.9. The number of hydrogen-bond acceptors (Lipinski definition) is 3. The standard InChI is InChI=1S/C21H25ClN2O2S/c1-4-23-21(26)16(3)24(13-17-8-6-5-7-15(17)2)20(25)14-27-19-11-9-18(22)10-12-19/h5-12,16H,4,13-14H2,1-3H3,(H,23,26)/t16-/m1/s1. The van der Waals surface area contributed by atoms with Crippen molar-refractivity contribution in [3.63, 3.8) is 0 Å². The molecule has 2 amide bonds. The summed E-state index contributed by atoms with van der Waals surface area (Å²) in [6.45, 7) is 6.60. The highest BCUT2D eigenvalue weighted by molar-refractivity contribution is 8.00. The SMILES string of the molecule is CCNC(=O)[C@@H](C)N(Cc1ccccc1C)C(=O)CSc1ccc(Cl)cc1. The maximum atomic E-state index is 12.9. The average molecular weight is 405 g/mol. The Balaban J connectivity index is 2.14. The molecule has 144 valence electrons. The minimum Gasteiger partial charge on any atom is -0.355 e. The summed E-state index contributed by atoms with van der Waals surface area (Å²) in [5, 5.41) is 3.47. The van der Waals surface area contributed by atoms with Crippen molar-refractivity contribution in [3.8, 4) is 0 Å². The van der Waals surface area contributed by atoms with Crippen molar-refractivity contribution >= 4 is 35.2 Å². The summed E-state index contributed by atoms with van der Waals surface area (Å²) in [5.41, 5.74) is 2.14. The summed E-state index contributed by atoms with van der Waals surface area (Å²) in [6.07, 6.45) is 0. The van der Waals surface area contributed by atoms with Crippen LogP contribution >= 0.6 is 23.4 Å². The summed E-state index contributed by atoms with van der Waals surface area (Å²) in [6, 6.07) is 14.8. The highest BCUT2D eigenvalue weighted by atomic mass is 35.5.